The number of pyridine rings is 3. The molecule has 11 nitrogen and oxygen atoms in total. The Morgan fingerprint density at radius 3 is 2.49 bits per heavy atom. The Morgan fingerprint density at radius 1 is 1.00 bits per heavy atom. The molecule has 53 heavy (non-hydrogen) atoms. The SMILES string of the molecule is COc1nc(-c2ccnc(-c3cccc4c3CCC[C@H]4Nc3nc(OC)c(CNC[C@H](C)O)cc3C(F)(F)F)c2Cl)ccc1CNC[C@@H]1CCC(=O)N1. The normalized spacial score (nSPS) is 17.6. The summed E-state index contributed by atoms with van der Waals surface area (Å²) in [6.45, 7) is 2.96. The van der Waals surface area contributed by atoms with Gasteiger partial charge < -0.3 is 35.8 Å². The minimum Gasteiger partial charge on any atom is -0.481 e. The van der Waals surface area contributed by atoms with Gasteiger partial charge in [-0.25, -0.2) is 4.98 Å². The molecule has 4 aromatic rings. The fraction of sp³-hybridized carbons (Fsp3) is 0.421. The van der Waals surface area contributed by atoms with E-state index in [1.807, 2.05) is 30.3 Å². The predicted molar refractivity (Wildman–Crippen MR) is 196 cm³/mol. The van der Waals surface area contributed by atoms with Crippen LogP contribution in [0, 0.1) is 0 Å². The maximum absolute atomic E-state index is 14.4. The lowest BCUT2D eigenvalue weighted by atomic mass is 9.83. The van der Waals surface area contributed by atoms with Crippen molar-refractivity contribution in [2.75, 3.05) is 32.6 Å². The number of methoxy groups -OCH3 is 2. The molecule has 1 amide bonds. The number of fused-ring (bicyclic) bond motifs is 1. The van der Waals surface area contributed by atoms with Gasteiger partial charge in [-0.1, -0.05) is 35.9 Å². The third kappa shape index (κ3) is 8.84. The topological polar surface area (TPSA) is 143 Å². The standard InChI is InChI=1S/C38H43ClF3N7O4/c1-21(50)17-43-19-23-16-29(38(40,41)42)35(49-37(23)53-3)47-30-9-5-6-25-26(30)7-4-8-27(25)34-33(39)28(14-15-45-34)31-12-10-22(36(48-31)52-2)18-44-20-24-11-13-32(51)46-24/h4,7-8,10,12,14-16,21,24,30,43-44,50H,5-6,9,11,13,17-20H2,1-3H3,(H,46,51)(H,47,49)/t21-,24-,30+/m0/s1. The van der Waals surface area contributed by atoms with Gasteiger partial charge in [0.1, 0.15) is 5.82 Å². The number of aliphatic hydroxyl groups is 1. The highest BCUT2D eigenvalue weighted by Gasteiger charge is 2.37. The molecule has 1 aromatic carbocycles. The van der Waals surface area contributed by atoms with Crippen molar-refractivity contribution < 1.29 is 32.5 Å². The van der Waals surface area contributed by atoms with Gasteiger partial charge in [-0.15, -0.1) is 0 Å². The van der Waals surface area contributed by atoms with Crippen LogP contribution in [0.25, 0.3) is 22.5 Å². The van der Waals surface area contributed by atoms with Crippen molar-refractivity contribution in [3.8, 4) is 34.3 Å². The van der Waals surface area contributed by atoms with E-state index < -0.39 is 23.9 Å². The molecule has 282 valence electrons. The third-order valence-electron chi connectivity index (χ3n) is 9.48. The minimum absolute atomic E-state index is 0.0406. The van der Waals surface area contributed by atoms with Gasteiger partial charge in [0, 0.05) is 67.1 Å². The van der Waals surface area contributed by atoms with E-state index in [-0.39, 0.29) is 42.3 Å². The smallest absolute Gasteiger partial charge is 0.419 e. The maximum Gasteiger partial charge on any atom is 0.419 e. The molecule has 1 fully saturated rings. The van der Waals surface area contributed by atoms with Crippen LogP contribution in [0.15, 0.2) is 48.7 Å². The van der Waals surface area contributed by atoms with Crippen LogP contribution in [-0.4, -0.2) is 65.4 Å². The number of aliphatic hydroxyl groups excluding tert-OH is 1. The number of hydrogen-bond acceptors (Lipinski definition) is 10. The molecule has 0 spiro atoms. The average molecular weight is 754 g/mol. The summed E-state index contributed by atoms with van der Waals surface area (Å²) in [5, 5.41) is 22.3. The van der Waals surface area contributed by atoms with E-state index in [1.54, 1.807) is 26.3 Å². The Labute approximate surface area is 311 Å². The van der Waals surface area contributed by atoms with Crippen LogP contribution in [0.1, 0.15) is 66.5 Å². The Kier molecular flexibility index (Phi) is 12.0. The first kappa shape index (κ1) is 38.2. The largest absolute Gasteiger partial charge is 0.481 e. The second-order valence-corrected chi connectivity index (χ2v) is 13.7. The molecule has 5 N–H and O–H groups in total. The Morgan fingerprint density at radius 2 is 1.77 bits per heavy atom. The third-order valence-corrected chi connectivity index (χ3v) is 9.86. The van der Waals surface area contributed by atoms with E-state index in [0.717, 1.165) is 34.7 Å². The van der Waals surface area contributed by atoms with Crippen LogP contribution < -0.4 is 30.7 Å². The zero-order valence-electron chi connectivity index (χ0n) is 29.7. The molecule has 0 unspecified atom stereocenters. The highest BCUT2D eigenvalue weighted by atomic mass is 35.5. The second kappa shape index (κ2) is 16.7. The number of aromatic nitrogens is 3. The van der Waals surface area contributed by atoms with Gasteiger partial charge in [0.15, 0.2) is 0 Å². The number of rotatable bonds is 14. The van der Waals surface area contributed by atoms with E-state index >= 15 is 0 Å². The fourth-order valence-corrected chi connectivity index (χ4v) is 7.25. The second-order valence-electron chi connectivity index (χ2n) is 13.3. The summed E-state index contributed by atoms with van der Waals surface area (Å²) in [5.41, 5.74) is 4.52. The summed E-state index contributed by atoms with van der Waals surface area (Å²) < 4.78 is 54.3. The van der Waals surface area contributed by atoms with Gasteiger partial charge in [-0.3, -0.25) is 9.78 Å². The van der Waals surface area contributed by atoms with Crippen molar-refractivity contribution in [3.63, 3.8) is 0 Å². The van der Waals surface area contributed by atoms with Crippen molar-refractivity contribution in [1.29, 1.82) is 0 Å². The number of nitrogens with zero attached hydrogens (tertiary/aromatic N) is 3. The molecule has 1 aliphatic heterocycles. The van der Waals surface area contributed by atoms with E-state index in [9.17, 15) is 23.1 Å². The summed E-state index contributed by atoms with van der Waals surface area (Å²) in [6, 6.07) is 11.9. The quantitative estimate of drug-likeness (QED) is 0.101. The van der Waals surface area contributed by atoms with Crippen molar-refractivity contribution in [2.24, 2.45) is 0 Å². The minimum atomic E-state index is -4.68. The fourth-order valence-electron chi connectivity index (χ4n) is 6.94. The first-order valence-corrected chi connectivity index (χ1v) is 18.0. The van der Waals surface area contributed by atoms with Gasteiger partial charge in [-0.2, -0.15) is 18.2 Å². The van der Waals surface area contributed by atoms with Crippen LogP contribution in [0.3, 0.4) is 0 Å². The number of alkyl halides is 3. The van der Waals surface area contributed by atoms with Crippen LogP contribution in [0.5, 0.6) is 11.8 Å². The number of carbonyl (C=O) groups is 1. The van der Waals surface area contributed by atoms with E-state index in [4.69, 9.17) is 26.1 Å². The number of amides is 1. The number of halogens is 4. The first-order chi connectivity index (χ1) is 25.5. The van der Waals surface area contributed by atoms with Gasteiger partial charge in [-0.05, 0) is 61.9 Å². The zero-order chi connectivity index (χ0) is 37.7. The van der Waals surface area contributed by atoms with Crippen molar-refractivity contribution >= 4 is 23.3 Å². The Hall–Kier alpha value is -4.50. The molecule has 3 aromatic heterocycles. The molecule has 1 aliphatic carbocycles. The molecule has 0 bridgehead atoms. The van der Waals surface area contributed by atoms with Crippen molar-refractivity contribution in [3.05, 3.63) is 81.5 Å². The molecule has 1 saturated heterocycles. The lowest BCUT2D eigenvalue weighted by molar-refractivity contribution is -0.137. The van der Waals surface area contributed by atoms with E-state index in [1.165, 1.54) is 7.11 Å². The van der Waals surface area contributed by atoms with Gasteiger partial charge in [0.2, 0.25) is 17.7 Å². The zero-order valence-corrected chi connectivity index (χ0v) is 30.5. The van der Waals surface area contributed by atoms with Crippen molar-refractivity contribution in [2.45, 2.75) is 76.5 Å². The molecule has 3 atom stereocenters. The van der Waals surface area contributed by atoms with E-state index in [0.29, 0.717) is 66.6 Å². The maximum atomic E-state index is 14.4. The monoisotopic (exact) mass is 753 g/mol. The van der Waals surface area contributed by atoms with Crippen LogP contribution >= 0.6 is 11.6 Å². The number of carbonyl (C=O) groups excluding carboxylic acids is 1. The van der Waals surface area contributed by atoms with E-state index in [2.05, 4.69) is 31.2 Å². The first-order valence-electron chi connectivity index (χ1n) is 17.6. The van der Waals surface area contributed by atoms with Crippen LogP contribution in [0.4, 0.5) is 19.0 Å². The average Bonchev–Trinajstić information content (AvgIpc) is 3.56. The van der Waals surface area contributed by atoms with Gasteiger partial charge in [0.25, 0.3) is 0 Å². The van der Waals surface area contributed by atoms with Crippen LogP contribution in [-0.2, 0) is 30.5 Å². The number of anilines is 1. The number of nitrogens with one attached hydrogen (secondary N) is 4. The summed E-state index contributed by atoms with van der Waals surface area (Å²) in [5.74, 6) is 0.252. The lowest BCUT2D eigenvalue weighted by Crippen LogP contribution is -2.35. The summed E-state index contributed by atoms with van der Waals surface area (Å²) in [6.07, 6.45) is -0.373. The molecule has 0 saturated carbocycles. The van der Waals surface area contributed by atoms with Gasteiger partial charge in [0.05, 0.1) is 48.3 Å². The molecule has 15 heteroatoms. The summed E-state index contributed by atoms with van der Waals surface area (Å²) in [4.78, 5) is 25.2. The lowest BCUT2D eigenvalue weighted by Gasteiger charge is -2.30. The number of hydrogen-bond donors (Lipinski definition) is 5. The molecule has 6 rings (SSSR count). The highest BCUT2D eigenvalue weighted by Crippen LogP contribution is 2.43. The summed E-state index contributed by atoms with van der Waals surface area (Å²) in [7, 11) is 2.92. The molecule has 2 aliphatic rings. The number of benzene rings is 1. The van der Waals surface area contributed by atoms with Crippen molar-refractivity contribution in [1.82, 2.24) is 30.9 Å². The summed E-state index contributed by atoms with van der Waals surface area (Å²) >= 11 is 7.09. The molecular formula is C38H43ClF3N7O4. The van der Waals surface area contributed by atoms with Gasteiger partial charge >= 0.3 is 6.18 Å². The molecule has 4 heterocycles. The Bertz CT molecular complexity index is 1940. The highest BCUT2D eigenvalue weighted by molar-refractivity contribution is 6.35. The Balaban J connectivity index is 1.27. The number of ether oxygens (including phenoxy) is 2. The molecule has 0 radical (unpaired) electrons. The van der Waals surface area contributed by atoms with Crippen LogP contribution in [0.2, 0.25) is 5.02 Å². The molecular weight excluding hydrogens is 711 g/mol. The predicted octanol–water partition coefficient (Wildman–Crippen LogP) is 6.22.